The molecule has 0 atom stereocenters. The summed E-state index contributed by atoms with van der Waals surface area (Å²) in [6.45, 7) is 6.65. The van der Waals surface area contributed by atoms with Crippen molar-refractivity contribution in [3.8, 4) is 5.75 Å². The van der Waals surface area contributed by atoms with Gasteiger partial charge in [0.1, 0.15) is 12.4 Å². The Morgan fingerprint density at radius 3 is 2.05 bits per heavy atom. The zero-order valence-corrected chi connectivity index (χ0v) is 15.1. The highest BCUT2D eigenvalue weighted by molar-refractivity contribution is 7.93. The Hall–Kier alpha value is -1.59. The zero-order chi connectivity index (χ0) is 16.2. The van der Waals surface area contributed by atoms with Crippen LogP contribution in [0.25, 0.3) is 0 Å². The van der Waals surface area contributed by atoms with E-state index in [0.29, 0.717) is 17.3 Å². The Morgan fingerprint density at radius 1 is 0.909 bits per heavy atom. The summed E-state index contributed by atoms with van der Waals surface area (Å²) < 4.78 is 30.3. The fourth-order valence-corrected chi connectivity index (χ4v) is 7.92. The van der Waals surface area contributed by atoms with Crippen LogP contribution < -0.4 is 4.74 Å². The molecule has 0 N–H and O–H groups in total. The molecule has 0 aliphatic carbocycles. The minimum atomic E-state index is -3.20. The van der Waals surface area contributed by atoms with Gasteiger partial charge in [-0.3, -0.25) is 0 Å². The fourth-order valence-electron chi connectivity index (χ4n) is 2.14. The molecular weight excluding hydrogens is 312 g/mol. The van der Waals surface area contributed by atoms with Crippen molar-refractivity contribution < 1.29 is 13.2 Å². The van der Waals surface area contributed by atoms with Crippen LogP contribution in [0, 0.1) is 0 Å². The van der Waals surface area contributed by atoms with Crippen molar-refractivity contribution in [1.82, 2.24) is 0 Å². The first-order chi connectivity index (χ1) is 10.3. The standard InChI is InChI=1S/C17H22O3SSi/c1-22(2,3)14-21(18,19)17-11-9-16(10-12-17)20-13-15-7-5-4-6-8-15/h4-12H,13-14H2,1-3H3. The molecule has 0 spiro atoms. The van der Waals surface area contributed by atoms with Crippen molar-refractivity contribution in [3.05, 3.63) is 60.2 Å². The summed E-state index contributed by atoms with van der Waals surface area (Å²) in [5.41, 5.74) is 1.08. The van der Waals surface area contributed by atoms with Crippen molar-refractivity contribution in [1.29, 1.82) is 0 Å². The van der Waals surface area contributed by atoms with Crippen molar-refractivity contribution in [2.75, 3.05) is 5.38 Å². The van der Waals surface area contributed by atoms with Gasteiger partial charge in [0.05, 0.1) is 13.0 Å². The summed E-state index contributed by atoms with van der Waals surface area (Å²) in [4.78, 5) is 0.377. The van der Waals surface area contributed by atoms with Crippen LogP contribution >= 0.6 is 0 Å². The van der Waals surface area contributed by atoms with Crippen LogP contribution in [-0.2, 0) is 16.4 Å². The van der Waals surface area contributed by atoms with Crippen LogP contribution in [0.2, 0.25) is 19.6 Å². The van der Waals surface area contributed by atoms with Crippen LogP contribution in [0.3, 0.4) is 0 Å². The van der Waals surface area contributed by atoms with E-state index in [4.69, 9.17) is 4.74 Å². The third-order valence-corrected chi connectivity index (χ3v) is 9.03. The van der Waals surface area contributed by atoms with Gasteiger partial charge in [0.15, 0.2) is 9.84 Å². The minimum Gasteiger partial charge on any atom is -0.489 e. The van der Waals surface area contributed by atoms with E-state index in [9.17, 15) is 8.42 Å². The van der Waals surface area contributed by atoms with Crippen molar-refractivity contribution in [3.63, 3.8) is 0 Å². The van der Waals surface area contributed by atoms with E-state index in [2.05, 4.69) is 19.6 Å². The van der Waals surface area contributed by atoms with Gasteiger partial charge in [-0.1, -0.05) is 50.0 Å². The van der Waals surface area contributed by atoms with Crippen LogP contribution in [0.15, 0.2) is 59.5 Å². The van der Waals surface area contributed by atoms with Gasteiger partial charge in [-0.05, 0) is 29.8 Å². The summed E-state index contributed by atoms with van der Waals surface area (Å²) in [5.74, 6) is 0.677. The SMILES string of the molecule is C[Si](C)(C)CS(=O)(=O)c1ccc(OCc2ccccc2)cc1. The Morgan fingerprint density at radius 2 is 1.50 bits per heavy atom. The number of benzene rings is 2. The summed E-state index contributed by atoms with van der Waals surface area (Å²) in [6, 6.07) is 16.6. The van der Waals surface area contributed by atoms with Crippen molar-refractivity contribution in [2.45, 2.75) is 31.1 Å². The molecule has 2 aromatic rings. The fraction of sp³-hybridized carbons (Fsp3) is 0.294. The highest BCUT2D eigenvalue weighted by Crippen LogP contribution is 2.20. The van der Waals surface area contributed by atoms with Gasteiger partial charge in [0.25, 0.3) is 0 Å². The average Bonchev–Trinajstić information content (AvgIpc) is 2.44. The number of hydrogen-bond donors (Lipinski definition) is 0. The minimum absolute atomic E-state index is 0.268. The number of rotatable bonds is 6. The second kappa shape index (κ2) is 6.67. The molecule has 0 aromatic heterocycles. The van der Waals surface area contributed by atoms with Gasteiger partial charge in [-0.2, -0.15) is 0 Å². The lowest BCUT2D eigenvalue weighted by atomic mass is 10.2. The molecule has 0 radical (unpaired) electrons. The summed E-state index contributed by atoms with van der Waals surface area (Å²) in [6.07, 6.45) is 0. The number of ether oxygens (including phenoxy) is 1. The molecule has 0 heterocycles. The van der Waals surface area contributed by atoms with E-state index in [1.54, 1.807) is 24.3 Å². The van der Waals surface area contributed by atoms with E-state index >= 15 is 0 Å². The Kier molecular flexibility index (Phi) is 5.08. The van der Waals surface area contributed by atoms with Crippen LogP contribution in [0.4, 0.5) is 0 Å². The molecule has 2 aromatic carbocycles. The first-order valence-corrected chi connectivity index (χ1v) is 12.6. The zero-order valence-electron chi connectivity index (χ0n) is 13.2. The van der Waals surface area contributed by atoms with Crippen LogP contribution in [0.5, 0.6) is 5.75 Å². The van der Waals surface area contributed by atoms with Gasteiger partial charge in [-0.15, -0.1) is 0 Å². The topological polar surface area (TPSA) is 43.4 Å². The Bertz CT molecular complexity index is 702. The maximum atomic E-state index is 12.3. The molecule has 0 fully saturated rings. The smallest absolute Gasteiger partial charge is 0.175 e. The maximum absolute atomic E-state index is 12.3. The molecule has 3 nitrogen and oxygen atoms in total. The molecule has 0 amide bonds. The van der Waals surface area contributed by atoms with Crippen LogP contribution in [0.1, 0.15) is 5.56 Å². The molecule has 5 heteroatoms. The third-order valence-electron chi connectivity index (χ3n) is 3.05. The van der Waals surface area contributed by atoms with Gasteiger partial charge in [0, 0.05) is 5.38 Å². The monoisotopic (exact) mass is 334 g/mol. The molecule has 0 aliphatic heterocycles. The summed E-state index contributed by atoms with van der Waals surface area (Å²) in [5, 5.41) is 0.268. The second-order valence-corrected chi connectivity index (χ2v) is 14.5. The predicted molar refractivity (Wildman–Crippen MR) is 92.6 cm³/mol. The van der Waals surface area contributed by atoms with E-state index in [-0.39, 0.29) is 5.38 Å². The predicted octanol–water partition coefficient (Wildman–Crippen LogP) is 3.92. The van der Waals surface area contributed by atoms with Gasteiger partial charge in [0.2, 0.25) is 0 Å². The average molecular weight is 335 g/mol. The molecule has 22 heavy (non-hydrogen) atoms. The highest BCUT2D eigenvalue weighted by Gasteiger charge is 2.24. The largest absolute Gasteiger partial charge is 0.489 e. The third kappa shape index (κ3) is 5.00. The molecule has 0 saturated carbocycles. The number of hydrogen-bond acceptors (Lipinski definition) is 3. The molecule has 0 aliphatic rings. The molecule has 118 valence electrons. The molecule has 0 saturated heterocycles. The van der Waals surface area contributed by atoms with E-state index in [0.717, 1.165) is 5.56 Å². The normalized spacial score (nSPS) is 12.1. The van der Waals surface area contributed by atoms with Gasteiger partial charge >= 0.3 is 0 Å². The lowest BCUT2D eigenvalue weighted by Gasteiger charge is -2.16. The number of sulfone groups is 1. The van der Waals surface area contributed by atoms with E-state index < -0.39 is 17.9 Å². The summed E-state index contributed by atoms with van der Waals surface area (Å²) in [7, 11) is -4.86. The highest BCUT2D eigenvalue weighted by atomic mass is 32.2. The van der Waals surface area contributed by atoms with Gasteiger partial charge < -0.3 is 4.74 Å². The molecular formula is C17H22O3SSi. The second-order valence-electron chi connectivity index (χ2n) is 6.57. The van der Waals surface area contributed by atoms with Crippen molar-refractivity contribution >= 4 is 17.9 Å². The quantitative estimate of drug-likeness (QED) is 0.752. The summed E-state index contributed by atoms with van der Waals surface area (Å²) >= 11 is 0. The molecule has 2 rings (SSSR count). The Balaban J connectivity index is 2.04. The Labute approximate surface area is 133 Å². The lowest BCUT2D eigenvalue weighted by molar-refractivity contribution is 0.306. The molecule has 0 bridgehead atoms. The van der Waals surface area contributed by atoms with E-state index in [1.165, 1.54) is 0 Å². The molecule has 0 unspecified atom stereocenters. The maximum Gasteiger partial charge on any atom is 0.175 e. The first kappa shape index (κ1) is 16.8. The lowest BCUT2D eigenvalue weighted by Crippen LogP contribution is -2.32. The van der Waals surface area contributed by atoms with E-state index in [1.807, 2.05) is 30.3 Å². The van der Waals surface area contributed by atoms with Crippen molar-refractivity contribution in [2.24, 2.45) is 0 Å². The first-order valence-electron chi connectivity index (χ1n) is 7.26. The van der Waals surface area contributed by atoms with Gasteiger partial charge in [-0.25, -0.2) is 8.42 Å². The van der Waals surface area contributed by atoms with Crippen LogP contribution in [-0.4, -0.2) is 21.9 Å².